The third-order valence-corrected chi connectivity index (χ3v) is 4.43. The van der Waals surface area contributed by atoms with Crippen LogP contribution in [0.15, 0.2) is 42.5 Å². The SMILES string of the molecule is CCNC(c1cccc(C2CCC2)c1)c1cccc(C)n1. The van der Waals surface area contributed by atoms with Gasteiger partial charge >= 0.3 is 0 Å². The van der Waals surface area contributed by atoms with Crippen molar-refractivity contribution in [1.29, 1.82) is 0 Å². The second kappa shape index (κ2) is 6.40. The van der Waals surface area contributed by atoms with E-state index in [2.05, 4.69) is 61.6 Å². The van der Waals surface area contributed by atoms with E-state index in [0.717, 1.165) is 23.9 Å². The zero-order valence-electron chi connectivity index (χ0n) is 13.0. The Morgan fingerprint density at radius 2 is 2.00 bits per heavy atom. The highest BCUT2D eigenvalue weighted by molar-refractivity contribution is 5.34. The Hall–Kier alpha value is -1.67. The number of aromatic nitrogens is 1. The fraction of sp³-hybridized carbons (Fsp3) is 0.421. The van der Waals surface area contributed by atoms with E-state index < -0.39 is 0 Å². The van der Waals surface area contributed by atoms with E-state index in [4.69, 9.17) is 4.98 Å². The van der Waals surface area contributed by atoms with Crippen LogP contribution in [-0.4, -0.2) is 11.5 Å². The fourth-order valence-corrected chi connectivity index (χ4v) is 3.06. The van der Waals surface area contributed by atoms with Crippen LogP contribution in [0.25, 0.3) is 0 Å². The van der Waals surface area contributed by atoms with Crippen molar-refractivity contribution in [3.63, 3.8) is 0 Å². The fourth-order valence-electron chi connectivity index (χ4n) is 3.06. The van der Waals surface area contributed by atoms with Gasteiger partial charge in [0.05, 0.1) is 11.7 Å². The minimum Gasteiger partial charge on any atom is -0.305 e. The van der Waals surface area contributed by atoms with E-state index in [9.17, 15) is 0 Å². The number of nitrogens with one attached hydrogen (secondary N) is 1. The molecule has 2 heteroatoms. The van der Waals surface area contributed by atoms with Gasteiger partial charge < -0.3 is 5.32 Å². The van der Waals surface area contributed by atoms with Gasteiger partial charge in [-0.2, -0.15) is 0 Å². The van der Waals surface area contributed by atoms with Gasteiger partial charge in [0.25, 0.3) is 0 Å². The van der Waals surface area contributed by atoms with E-state index in [1.807, 2.05) is 0 Å². The highest BCUT2D eigenvalue weighted by atomic mass is 14.9. The minimum absolute atomic E-state index is 0.190. The summed E-state index contributed by atoms with van der Waals surface area (Å²) >= 11 is 0. The Bertz CT molecular complexity index is 602. The number of nitrogens with zero attached hydrogens (tertiary/aromatic N) is 1. The van der Waals surface area contributed by atoms with Gasteiger partial charge in [-0.25, -0.2) is 0 Å². The zero-order valence-corrected chi connectivity index (χ0v) is 13.0. The summed E-state index contributed by atoms with van der Waals surface area (Å²) in [4.78, 5) is 4.71. The summed E-state index contributed by atoms with van der Waals surface area (Å²) in [6, 6.07) is 15.5. The van der Waals surface area contributed by atoms with Crippen molar-refractivity contribution in [2.75, 3.05) is 6.54 Å². The van der Waals surface area contributed by atoms with E-state index in [1.165, 1.54) is 30.4 Å². The van der Waals surface area contributed by atoms with Gasteiger partial charge in [-0.3, -0.25) is 4.98 Å². The van der Waals surface area contributed by atoms with E-state index >= 15 is 0 Å². The highest BCUT2D eigenvalue weighted by Crippen LogP contribution is 2.37. The van der Waals surface area contributed by atoms with Gasteiger partial charge in [-0.1, -0.05) is 43.7 Å². The van der Waals surface area contributed by atoms with E-state index in [0.29, 0.717) is 0 Å². The van der Waals surface area contributed by atoms with E-state index in [-0.39, 0.29) is 6.04 Å². The van der Waals surface area contributed by atoms with Crippen molar-refractivity contribution in [3.05, 3.63) is 65.0 Å². The molecule has 0 saturated heterocycles. The molecular weight excluding hydrogens is 256 g/mol. The summed E-state index contributed by atoms with van der Waals surface area (Å²) in [6.07, 6.45) is 4.07. The van der Waals surface area contributed by atoms with Crippen LogP contribution in [0.4, 0.5) is 0 Å². The molecule has 1 aromatic carbocycles. The molecule has 110 valence electrons. The van der Waals surface area contributed by atoms with Crippen LogP contribution in [-0.2, 0) is 0 Å². The first-order valence-electron chi connectivity index (χ1n) is 8.04. The second-order valence-electron chi connectivity index (χ2n) is 5.99. The van der Waals surface area contributed by atoms with Crippen molar-refractivity contribution >= 4 is 0 Å². The molecule has 21 heavy (non-hydrogen) atoms. The predicted octanol–water partition coefficient (Wildman–Crippen LogP) is 4.36. The van der Waals surface area contributed by atoms with Gasteiger partial charge in [0.15, 0.2) is 0 Å². The second-order valence-corrected chi connectivity index (χ2v) is 5.99. The van der Waals surface area contributed by atoms with E-state index in [1.54, 1.807) is 0 Å². The number of rotatable bonds is 5. The Labute approximate surface area is 127 Å². The summed E-state index contributed by atoms with van der Waals surface area (Å²) < 4.78 is 0. The molecule has 0 radical (unpaired) electrons. The molecule has 0 amide bonds. The summed E-state index contributed by atoms with van der Waals surface area (Å²) in [7, 11) is 0. The molecule has 1 aliphatic carbocycles. The molecule has 1 N–H and O–H groups in total. The Kier molecular flexibility index (Phi) is 4.35. The van der Waals surface area contributed by atoms with Gasteiger partial charge in [-0.05, 0) is 55.5 Å². The lowest BCUT2D eigenvalue weighted by atomic mass is 9.79. The molecule has 1 unspecified atom stereocenters. The molecule has 2 nitrogen and oxygen atoms in total. The molecule has 2 aromatic rings. The topological polar surface area (TPSA) is 24.9 Å². The first kappa shape index (κ1) is 14.3. The predicted molar refractivity (Wildman–Crippen MR) is 87.5 cm³/mol. The smallest absolute Gasteiger partial charge is 0.0751 e. The third-order valence-electron chi connectivity index (χ3n) is 4.43. The van der Waals surface area contributed by atoms with Crippen molar-refractivity contribution in [3.8, 4) is 0 Å². The molecule has 0 spiro atoms. The number of pyridine rings is 1. The molecular formula is C19H24N2. The van der Waals surface area contributed by atoms with Gasteiger partial charge in [0.2, 0.25) is 0 Å². The van der Waals surface area contributed by atoms with Crippen LogP contribution in [0, 0.1) is 6.92 Å². The maximum atomic E-state index is 4.71. The maximum absolute atomic E-state index is 4.71. The van der Waals surface area contributed by atoms with Gasteiger partial charge in [0.1, 0.15) is 0 Å². The van der Waals surface area contributed by atoms with Crippen LogP contribution in [0.5, 0.6) is 0 Å². The molecule has 1 heterocycles. The van der Waals surface area contributed by atoms with Crippen molar-refractivity contribution in [1.82, 2.24) is 10.3 Å². The summed E-state index contributed by atoms with van der Waals surface area (Å²) in [6.45, 7) is 5.14. The Morgan fingerprint density at radius 1 is 1.19 bits per heavy atom. The summed E-state index contributed by atoms with van der Waals surface area (Å²) in [5.41, 5.74) is 5.02. The summed E-state index contributed by atoms with van der Waals surface area (Å²) in [5, 5.41) is 3.58. The zero-order chi connectivity index (χ0) is 14.7. The van der Waals surface area contributed by atoms with Gasteiger partial charge in [0, 0.05) is 5.69 Å². The van der Waals surface area contributed by atoms with Crippen molar-refractivity contribution < 1.29 is 0 Å². The minimum atomic E-state index is 0.190. The lowest BCUT2D eigenvalue weighted by Crippen LogP contribution is -2.23. The average Bonchev–Trinajstić information content (AvgIpc) is 2.43. The third kappa shape index (κ3) is 3.16. The number of hydrogen-bond acceptors (Lipinski definition) is 2. The van der Waals surface area contributed by atoms with Crippen LogP contribution < -0.4 is 5.32 Å². The number of aryl methyl sites for hydroxylation is 1. The first-order valence-corrected chi connectivity index (χ1v) is 8.04. The quantitative estimate of drug-likeness (QED) is 0.880. The highest BCUT2D eigenvalue weighted by Gasteiger charge is 2.21. The molecule has 3 rings (SSSR count). The molecule has 1 aliphatic rings. The average molecular weight is 280 g/mol. The Balaban J connectivity index is 1.93. The molecule has 1 saturated carbocycles. The Morgan fingerprint density at radius 3 is 2.67 bits per heavy atom. The maximum Gasteiger partial charge on any atom is 0.0751 e. The normalized spacial score (nSPS) is 16.5. The molecule has 0 aliphatic heterocycles. The molecule has 1 aromatic heterocycles. The van der Waals surface area contributed by atoms with Crippen LogP contribution in [0.1, 0.15) is 60.7 Å². The molecule has 0 bridgehead atoms. The van der Waals surface area contributed by atoms with Gasteiger partial charge in [-0.15, -0.1) is 0 Å². The van der Waals surface area contributed by atoms with Crippen LogP contribution in [0.2, 0.25) is 0 Å². The largest absolute Gasteiger partial charge is 0.305 e. The first-order chi connectivity index (χ1) is 10.3. The summed E-state index contributed by atoms with van der Waals surface area (Å²) in [5.74, 6) is 0.776. The van der Waals surface area contributed by atoms with Crippen molar-refractivity contribution in [2.45, 2.75) is 45.1 Å². The number of hydrogen-bond donors (Lipinski definition) is 1. The standard InChI is InChI=1S/C19H24N2/c1-3-20-19(18-12-4-7-14(2)21-18)17-11-6-10-16(13-17)15-8-5-9-15/h4,6-7,10-13,15,19-20H,3,5,8-9H2,1-2H3. The van der Waals surface area contributed by atoms with Crippen LogP contribution >= 0.6 is 0 Å². The number of benzene rings is 1. The lowest BCUT2D eigenvalue weighted by molar-refractivity contribution is 0.419. The monoisotopic (exact) mass is 280 g/mol. The lowest BCUT2D eigenvalue weighted by Gasteiger charge is -2.27. The van der Waals surface area contributed by atoms with Crippen LogP contribution in [0.3, 0.4) is 0 Å². The molecule has 1 fully saturated rings. The van der Waals surface area contributed by atoms with Crippen molar-refractivity contribution in [2.24, 2.45) is 0 Å². The molecule has 1 atom stereocenters.